The highest BCUT2D eigenvalue weighted by molar-refractivity contribution is 7.99. The molecule has 1 nitrogen and oxygen atoms in total. The molecule has 4 heteroatoms. The lowest BCUT2D eigenvalue weighted by Crippen LogP contribution is -2.22. The third-order valence-corrected chi connectivity index (χ3v) is 4.88. The van der Waals surface area contributed by atoms with Crippen LogP contribution in [-0.4, -0.2) is 6.04 Å². The molecule has 0 aliphatic carbocycles. The summed E-state index contributed by atoms with van der Waals surface area (Å²) in [7, 11) is 0. The Morgan fingerprint density at radius 1 is 1.24 bits per heavy atom. The van der Waals surface area contributed by atoms with Gasteiger partial charge in [0.15, 0.2) is 0 Å². The molecule has 0 aliphatic rings. The molecule has 1 heterocycles. The topological polar surface area (TPSA) is 26.0 Å². The summed E-state index contributed by atoms with van der Waals surface area (Å²) in [6.07, 6.45) is 0. The molecule has 2 rings (SSSR count). The maximum atomic E-state index is 6.06. The van der Waals surface area contributed by atoms with Crippen molar-refractivity contribution in [2.24, 2.45) is 5.73 Å². The highest BCUT2D eigenvalue weighted by Crippen LogP contribution is 2.38. The zero-order valence-electron chi connectivity index (χ0n) is 9.47. The van der Waals surface area contributed by atoms with E-state index in [9.17, 15) is 0 Å². The van der Waals surface area contributed by atoms with Gasteiger partial charge in [0.05, 0.1) is 5.25 Å². The van der Waals surface area contributed by atoms with Crippen LogP contribution in [0.1, 0.15) is 17.7 Å². The number of hydrogen-bond donors (Lipinski definition) is 1. The van der Waals surface area contributed by atoms with E-state index in [4.69, 9.17) is 17.3 Å². The number of halogens is 1. The average Bonchev–Trinajstić information content (AvgIpc) is 2.81. The van der Waals surface area contributed by atoms with E-state index >= 15 is 0 Å². The molecular formula is C13H14ClNS2. The standard InChI is InChI=1S/C13H14ClNS2/c1-9(15)13(10-6-7-16-8-10)17-12-4-2-11(14)3-5-12/h2-9,13H,15H2,1H3. The molecule has 2 N–H and O–H groups in total. The summed E-state index contributed by atoms with van der Waals surface area (Å²) < 4.78 is 0. The SMILES string of the molecule is CC(N)C(Sc1ccc(Cl)cc1)c1ccsc1. The molecule has 0 spiro atoms. The second-order valence-electron chi connectivity index (χ2n) is 3.91. The van der Waals surface area contributed by atoms with Crippen molar-refractivity contribution in [2.45, 2.75) is 23.1 Å². The van der Waals surface area contributed by atoms with E-state index in [1.54, 1.807) is 23.1 Å². The van der Waals surface area contributed by atoms with Crippen LogP contribution in [0.4, 0.5) is 0 Å². The minimum atomic E-state index is 0.116. The number of thioether (sulfide) groups is 1. The summed E-state index contributed by atoms with van der Waals surface area (Å²) in [4.78, 5) is 1.20. The van der Waals surface area contributed by atoms with Crippen molar-refractivity contribution in [3.8, 4) is 0 Å². The Hall–Kier alpha value is -0.480. The van der Waals surface area contributed by atoms with E-state index in [1.807, 2.05) is 31.2 Å². The number of thiophene rings is 1. The number of hydrogen-bond acceptors (Lipinski definition) is 3. The molecule has 0 aliphatic heterocycles. The number of rotatable bonds is 4. The zero-order chi connectivity index (χ0) is 12.3. The van der Waals surface area contributed by atoms with Crippen LogP contribution in [0.5, 0.6) is 0 Å². The monoisotopic (exact) mass is 283 g/mol. The Morgan fingerprint density at radius 3 is 2.47 bits per heavy atom. The van der Waals surface area contributed by atoms with Crippen LogP contribution in [0.2, 0.25) is 5.02 Å². The van der Waals surface area contributed by atoms with Gasteiger partial charge in [-0.15, -0.1) is 11.8 Å². The van der Waals surface area contributed by atoms with Crippen molar-refractivity contribution in [1.82, 2.24) is 0 Å². The molecule has 2 aromatic rings. The van der Waals surface area contributed by atoms with Crippen LogP contribution in [0.25, 0.3) is 0 Å². The molecule has 0 radical (unpaired) electrons. The predicted molar refractivity (Wildman–Crippen MR) is 78.0 cm³/mol. The smallest absolute Gasteiger partial charge is 0.0501 e. The van der Waals surface area contributed by atoms with Crippen LogP contribution >= 0.6 is 34.7 Å². The zero-order valence-corrected chi connectivity index (χ0v) is 11.9. The van der Waals surface area contributed by atoms with Gasteiger partial charge >= 0.3 is 0 Å². The fourth-order valence-corrected chi connectivity index (χ4v) is 3.57. The van der Waals surface area contributed by atoms with Crippen molar-refractivity contribution >= 4 is 34.7 Å². The molecular weight excluding hydrogens is 270 g/mol. The van der Waals surface area contributed by atoms with Gasteiger partial charge < -0.3 is 5.73 Å². The molecule has 0 saturated heterocycles. The summed E-state index contributed by atoms with van der Waals surface area (Å²) in [5.41, 5.74) is 7.36. The van der Waals surface area contributed by atoms with Gasteiger partial charge in [0.2, 0.25) is 0 Å². The normalized spacial score (nSPS) is 14.5. The van der Waals surface area contributed by atoms with Crippen molar-refractivity contribution in [2.75, 3.05) is 0 Å². The maximum absolute atomic E-state index is 6.06. The molecule has 90 valence electrons. The average molecular weight is 284 g/mol. The Balaban J connectivity index is 2.16. The quantitative estimate of drug-likeness (QED) is 0.831. The Morgan fingerprint density at radius 2 is 1.94 bits per heavy atom. The summed E-state index contributed by atoms with van der Waals surface area (Å²) in [5.74, 6) is 0. The second-order valence-corrected chi connectivity index (χ2v) is 6.34. The lowest BCUT2D eigenvalue weighted by atomic mass is 10.1. The highest BCUT2D eigenvalue weighted by atomic mass is 35.5. The first-order valence-corrected chi connectivity index (χ1v) is 7.57. The lowest BCUT2D eigenvalue weighted by molar-refractivity contribution is 0.723. The fourth-order valence-electron chi connectivity index (χ4n) is 1.58. The van der Waals surface area contributed by atoms with Crippen LogP contribution < -0.4 is 5.73 Å². The molecule has 1 aromatic heterocycles. The van der Waals surface area contributed by atoms with Gasteiger partial charge in [0.1, 0.15) is 0 Å². The molecule has 1 aromatic carbocycles. The molecule has 2 unspecified atom stereocenters. The van der Waals surface area contributed by atoms with Crippen molar-refractivity contribution in [3.63, 3.8) is 0 Å². The van der Waals surface area contributed by atoms with E-state index in [0.29, 0.717) is 5.25 Å². The molecule has 2 atom stereocenters. The third-order valence-electron chi connectivity index (χ3n) is 2.43. The van der Waals surface area contributed by atoms with E-state index in [1.165, 1.54) is 10.5 Å². The molecule has 0 fully saturated rings. The van der Waals surface area contributed by atoms with Crippen molar-refractivity contribution in [3.05, 3.63) is 51.7 Å². The van der Waals surface area contributed by atoms with Crippen molar-refractivity contribution in [1.29, 1.82) is 0 Å². The first-order valence-electron chi connectivity index (χ1n) is 5.36. The Kier molecular flexibility index (Phi) is 4.51. The maximum Gasteiger partial charge on any atom is 0.0501 e. The van der Waals surface area contributed by atoms with Crippen molar-refractivity contribution < 1.29 is 0 Å². The highest BCUT2D eigenvalue weighted by Gasteiger charge is 2.17. The summed E-state index contributed by atoms with van der Waals surface area (Å²) >= 11 is 9.37. The lowest BCUT2D eigenvalue weighted by Gasteiger charge is -2.19. The Bertz CT molecular complexity index is 451. The first kappa shape index (κ1) is 13.0. The van der Waals surface area contributed by atoms with Gasteiger partial charge in [0, 0.05) is 16.0 Å². The van der Waals surface area contributed by atoms with E-state index < -0.39 is 0 Å². The minimum Gasteiger partial charge on any atom is -0.327 e. The molecule has 0 amide bonds. The molecule has 0 bridgehead atoms. The van der Waals surface area contributed by atoms with Crippen LogP contribution in [0, 0.1) is 0 Å². The molecule has 0 saturated carbocycles. The van der Waals surface area contributed by atoms with Gasteiger partial charge in [0.25, 0.3) is 0 Å². The summed E-state index contributed by atoms with van der Waals surface area (Å²) in [6, 6.07) is 10.2. The number of benzene rings is 1. The number of nitrogens with two attached hydrogens (primary N) is 1. The van der Waals surface area contributed by atoms with Gasteiger partial charge in [-0.2, -0.15) is 11.3 Å². The van der Waals surface area contributed by atoms with Crippen LogP contribution in [0.15, 0.2) is 46.0 Å². The van der Waals surface area contributed by atoms with E-state index in [0.717, 1.165) is 5.02 Å². The van der Waals surface area contributed by atoms with E-state index in [2.05, 4.69) is 16.8 Å². The van der Waals surface area contributed by atoms with Crippen LogP contribution in [0.3, 0.4) is 0 Å². The van der Waals surface area contributed by atoms with E-state index in [-0.39, 0.29) is 6.04 Å². The third kappa shape index (κ3) is 3.49. The largest absolute Gasteiger partial charge is 0.327 e. The van der Waals surface area contributed by atoms with Gasteiger partial charge in [-0.1, -0.05) is 11.6 Å². The second kappa shape index (κ2) is 5.91. The summed E-state index contributed by atoms with van der Waals surface area (Å²) in [5, 5.41) is 5.31. The predicted octanol–water partition coefficient (Wildman–Crippen LogP) is 4.58. The molecule has 17 heavy (non-hydrogen) atoms. The Labute approximate surface area is 115 Å². The van der Waals surface area contributed by atoms with Gasteiger partial charge in [-0.25, -0.2) is 0 Å². The fraction of sp³-hybridized carbons (Fsp3) is 0.231. The first-order chi connectivity index (χ1) is 8.16. The van der Waals surface area contributed by atoms with Gasteiger partial charge in [-0.3, -0.25) is 0 Å². The minimum absolute atomic E-state index is 0.116. The van der Waals surface area contributed by atoms with Crippen LogP contribution in [-0.2, 0) is 0 Å². The summed E-state index contributed by atoms with van der Waals surface area (Å²) in [6.45, 7) is 2.05. The van der Waals surface area contributed by atoms with Gasteiger partial charge in [-0.05, 0) is 53.6 Å².